The van der Waals surface area contributed by atoms with Crippen LogP contribution in [0.1, 0.15) is 55.5 Å². The van der Waals surface area contributed by atoms with Crippen LogP contribution in [0.4, 0.5) is 5.95 Å². The van der Waals surface area contributed by atoms with Gasteiger partial charge in [-0.05, 0) is 67.1 Å². The Labute approximate surface area is 213 Å². The van der Waals surface area contributed by atoms with Crippen molar-refractivity contribution in [2.24, 2.45) is 5.41 Å². The summed E-state index contributed by atoms with van der Waals surface area (Å²) >= 11 is 0. The molecule has 0 unspecified atom stereocenters. The highest BCUT2D eigenvalue weighted by Gasteiger charge is 2.49. The summed E-state index contributed by atoms with van der Waals surface area (Å²) in [5, 5.41) is 0. The van der Waals surface area contributed by atoms with Crippen molar-refractivity contribution >= 4 is 5.95 Å². The number of aryl methyl sites for hydroxylation is 1. The number of aromatic nitrogens is 2. The van der Waals surface area contributed by atoms with Crippen LogP contribution >= 0.6 is 0 Å². The number of rotatable bonds is 8. The smallest absolute Gasteiger partial charge is 0.225 e. The first-order valence-electron chi connectivity index (χ1n) is 13.1. The second-order valence-corrected chi connectivity index (χ2v) is 11.3. The number of hydrogen-bond donors (Lipinski definition) is 0. The Balaban J connectivity index is 1.08. The molecule has 36 heavy (non-hydrogen) atoms. The SMILES string of the molecule is Cc1cnc(N2CC3(COC3)C2)nc1COc1ccc(C(C)(C)c2ccc(OC3CCC3)cc2)cc1. The first kappa shape index (κ1) is 23.3. The van der Waals surface area contributed by atoms with Crippen LogP contribution in [0, 0.1) is 12.3 Å². The van der Waals surface area contributed by atoms with E-state index in [9.17, 15) is 0 Å². The highest BCUT2D eigenvalue weighted by molar-refractivity contribution is 5.42. The maximum Gasteiger partial charge on any atom is 0.225 e. The van der Waals surface area contributed by atoms with E-state index in [1.54, 1.807) is 0 Å². The Hall–Kier alpha value is -3.12. The number of benzene rings is 2. The van der Waals surface area contributed by atoms with Gasteiger partial charge in [0.1, 0.15) is 18.1 Å². The van der Waals surface area contributed by atoms with Gasteiger partial charge >= 0.3 is 0 Å². The third-order valence-corrected chi connectivity index (χ3v) is 8.10. The van der Waals surface area contributed by atoms with Crippen molar-refractivity contribution in [3.63, 3.8) is 0 Å². The lowest BCUT2D eigenvalue weighted by Gasteiger charge is -2.54. The molecule has 1 aliphatic carbocycles. The molecule has 188 valence electrons. The Bertz CT molecular complexity index is 1210. The molecule has 2 aromatic carbocycles. The average Bonchev–Trinajstić information content (AvgIpc) is 2.80. The maximum atomic E-state index is 6.13. The topological polar surface area (TPSA) is 56.7 Å². The van der Waals surface area contributed by atoms with Crippen molar-refractivity contribution in [2.45, 2.75) is 58.2 Å². The van der Waals surface area contributed by atoms with Gasteiger partial charge < -0.3 is 19.1 Å². The van der Waals surface area contributed by atoms with Crippen LogP contribution in [-0.4, -0.2) is 42.4 Å². The van der Waals surface area contributed by atoms with Crippen LogP contribution in [0.3, 0.4) is 0 Å². The highest BCUT2D eigenvalue weighted by atomic mass is 16.5. The summed E-state index contributed by atoms with van der Waals surface area (Å²) < 4.78 is 17.5. The molecule has 2 saturated heterocycles. The van der Waals surface area contributed by atoms with Gasteiger partial charge in [-0.3, -0.25) is 0 Å². The lowest BCUT2D eigenvalue weighted by atomic mass is 9.78. The first-order chi connectivity index (χ1) is 17.4. The third kappa shape index (κ3) is 4.43. The zero-order valence-electron chi connectivity index (χ0n) is 21.5. The molecule has 0 radical (unpaired) electrons. The molecule has 1 aromatic heterocycles. The lowest BCUT2D eigenvalue weighted by molar-refractivity contribution is -0.127. The van der Waals surface area contributed by atoms with E-state index in [4.69, 9.17) is 19.2 Å². The standard InChI is InChI=1S/C30H35N3O3/c1-21-15-31-28(33-17-30(18-33)19-34-20-30)32-27(21)16-35-24-11-7-22(8-12-24)29(2,3)23-9-13-26(14-10-23)36-25-5-4-6-25/h7-15,25H,4-6,16-20H2,1-3H3. The van der Waals surface area contributed by atoms with Crippen molar-refractivity contribution in [3.8, 4) is 11.5 Å². The van der Waals surface area contributed by atoms with Gasteiger partial charge in [-0.25, -0.2) is 9.97 Å². The molecule has 0 N–H and O–H groups in total. The number of hydrogen-bond acceptors (Lipinski definition) is 6. The van der Waals surface area contributed by atoms with E-state index in [2.05, 4.69) is 72.3 Å². The second kappa shape index (κ2) is 9.07. The minimum Gasteiger partial charge on any atom is -0.490 e. The first-order valence-corrected chi connectivity index (χ1v) is 13.1. The van der Waals surface area contributed by atoms with Gasteiger partial charge in [-0.15, -0.1) is 0 Å². The Morgan fingerprint density at radius 1 is 0.972 bits per heavy atom. The maximum absolute atomic E-state index is 6.13. The largest absolute Gasteiger partial charge is 0.490 e. The Morgan fingerprint density at radius 3 is 2.17 bits per heavy atom. The van der Waals surface area contributed by atoms with Crippen molar-refractivity contribution in [2.75, 3.05) is 31.2 Å². The molecule has 3 heterocycles. The normalized spacial score (nSPS) is 18.8. The average molecular weight is 486 g/mol. The summed E-state index contributed by atoms with van der Waals surface area (Å²) in [6.07, 6.45) is 5.94. The van der Waals surface area contributed by atoms with Gasteiger partial charge in [0.15, 0.2) is 0 Å². The zero-order chi connectivity index (χ0) is 24.8. The Kier molecular flexibility index (Phi) is 5.87. The molecule has 3 aliphatic rings. The summed E-state index contributed by atoms with van der Waals surface area (Å²) in [7, 11) is 0. The fourth-order valence-corrected chi connectivity index (χ4v) is 5.16. The van der Waals surface area contributed by atoms with Crippen molar-refractivity contribution in [3.05, 3.63) is 77.1 Å². The van der Waals surface area contributed by atoms with Crippen LogP contribution in [-0.2, 0) is 16.8 Å². The summed E-state index contributed by atoms with van der Waals surface area (Å²) in [4.78, 5) is 11.6. The third-order valence-electron chi connectivity index (χ3n) is 8.10. The summed E-state index contributed by atoms with van der Waals surface area (Å²) in [6.45, 7) is 10.6. The van der Waals surface area contributed by atoms with Crippen LogP contribution in [0.15, 0.2) is 54.7 Å². The molecule has 6 heteroatoms. The van der Waals surface area contributed by atoms with Gasteiger partial charge in [0.05, 0.1) is 30.4 Å². The molecular formula is C30H35N3O3. The van der Waals surface area contributed by atoms with Crippen LogP contribution in [0.2, 0.25) is 0 Å². The molecule has 3 fully saturated rings. The van der Waals surface area contributed by atoms with Crippen LogP contribution in [0.25, 0.3) is 0 Å². The van der Waals surface area contributed by atoms with E-state index in [1.165, 1.54) is 30.4 Å². The van der Waals surface area contributed by atoms with E-state index in [1.807, 2.05) is 13.1 Å². The zero-order valence-corrected chi connectivity index (χ0v) is 21.5. The lowest BCUT2D eigenvalue weighted by Crippen LogP contribution is -2.66. The van der Waals surface area contributed by atoms with Gasteiger partial charge in [-0.2, -0.15) is 0 Å². The Morgan fingerprint density at radius 2 is 1.61 bits per heavy atom. The highest BCUT2D eigenvalue weighted by Crippen LogP contribution is 2.39. The van der Waals surface area contributed by atoms with Crippen LogP contribution in [0.5, 0.6) is 11.5 Å². The van der Waals surface area contributed by atoms with Crippen molar-refractivity contribution in [1.82, 2.24) is 9.97 Å². The minimum atomic E-state index is -0.119. The predicted octanol–water partition coefficient (Wildman–Crippen LogP) is 5.46. The number of anilines is 1. The van der Waals surface area contributed by atoms with E-state index >= 15 is 0 Å². The van der Waals surface area contributed by atoms with E-state index in [0.29, 0.717) is 18.1 Å². The fourth-order valence-electron chi connectivity index (χ4n) is 5.16. The van der Waals surface area contributed by atoms with E-state index in [0.717, 1.165) is 55.0 Å². The summed E-state index contributed by atoms with van der Waals surface area (Å²) in [6, 6.07) is 17.0. The molecule has 6 rings (SSSR count). The van der Waals surface area contributed by atoms with Gasteiger partial charge in [0.2, 0.25) is 5.95 Å². The summed E-state index contributed by atoms with van der Waals surface area (Å²) in [5.74, 6) is 2.60. The molecule has 2 aliphatic heterocycles. The monoisotopic (exact) mass is 485 g/mol. The molecule has 0 amide bonds. The van der Waals surface area contributed by atoms with Gasteiger partial charge in [0.25, 0.3) is 0 Å². The van der Waals surface area contributed by atoms with Crippen molar-refractivity contribution < 1.29 is 14.2 Å². The quantitative estimate of drug-likeness (QED) is 0.422. The molecule has 3 aromatic rings. The molecule has 0 atom stereocenters. The molecule has 1 saturated carbocycles. The fraction of sp³-hybridized carbons (Fsp3) is 0.467. The van der Waals surface area contributed by atoms with Crippen LogP contribution < -0.4 is 14.4 Å². The van der Waals surface area contributed by atoms with Crippen molar-refractivity contribution in [1.29, 1.82) is 0 Å². The minimum absolute atomic E-state index is 0.119. The molecule has 6 nitrogen and oxygen atoms in total. The predicted molar refractivity (Wildman–Crippen MR) is 140 cm³/mol. The number of nitrogens with zero attached hydrogens (tertiary/aromatic N) is 3. The van der Waals surface area contributed by atoms with E-state index in [-0.39, 0.29) is 5.41 Å². The second-order valence-electron chi connectivity index (χ2n) is 11.3. The molecular weight excluding hydrogens is 450 g/mol. The molecule has 0 bridgehead atoms. The van der Waals surface area contributed by atoms with Gasteiger partial charge in [-0.1, -0.05) is 38.1 Å². The molecule has 1 spiro atoms. The van der Waals surface area contributed by atoms with Gasteiger partial charge in [0, 0.05) is 24.7 Å². The summed E-state index contributed by atoms with van der Waals surface area (Å²) in [5.41, 5.74) is 4.71. The number of ether oxygens (including phenoxy) is 3. The van der Waals surface area contributed by atoms with E-state index < -0.39 is 0 Å².